The van der Waals surface area contributed by atoms with Gasteiger partial charge in [-0.3, -0.25) is 0 Å². The smallest absolute Gasteiger partial charge is 0.135 e. The van der Waals surface area contributed by atoms with Gasteiger partial charge in [0, 0.05) is 5.54 Å². The summed E-state index contributed by atoms with van der Waals surface area (Å²) in [6.07, 6.45) is 0. The zero-order valence-electron chi connectivity index (χ0n) is 10.3. The van der Waals surface area contributed by atoms with Crippen molar-refractivity contribution in [1.82, 2.24) is 4.90 Å². The van der Waals surface area contributed by atoms with Crippen LogP contribution < -0.4 is 0 Å². The van der Waals surface area contributed by atoms with Crippen LogP contribution in [0.5, 0.6) is 0 Å². The first-order valence-electron chi connectivity index (χ1n) is 5.14. The number of hydrogen-bond acceptors (Lipinski definition) is 1. The number of likely N-dealkylation sites (N-methyl/N-ethyl adjacent to an activating group) is 1. The van der Waals surface area contributed by atoms with Crippen LogP contribution in [0.3, 0.4) is 0 Å². The standard InChI is InChI=1S/C11H25N2/c1-10(2,3)12-8-11(4,5)13(6,7)9-12/h8-9H2,1-7H3/q+1. The fourth-order valence-electron chi connectivity index (χ4n) is 1.78. The van der Waals surface area contributed by atoms with E-state index in [0.29, 0.717) is 11.1 Å². The van der Waals surface area contributed by atoms with Gasteiger partial charge in [0.05, 0.1) is 20.6 Å². The number of hydrogen-bond donors (Lipinski definition) is 0. The second-order valence-electron chi connectivity index (χ2n) is 6.51. The van der Waals surface area contributed by atoms with Crippen LogP contribution in [0.4, 0.5) is 0 Å². The summed E-state index contributed by atoms with van der Waals surface area (Å²) in [5.74, 6) is 0. The Morgan fingerprint density at radius 1 is 1.15 bits per heavy atom. The molecule has 0 N–H and O–H groups in total. The summed E-state index contributed by atoms with van der Waals surface area (Å²) in [5.41, 5.74) is 0.691. The molecule has 1 saturated heterocycles. The predicted octanol–water partition coefficient (Wildman–Crippen LogP) is 1.91. The van der Waals surface area contributed by atoms with Crippen molar-refractivity contribution in [2.24, 2.45) is 0 Å². The number of nitrogens with zero attached hydrogens (tertiary/aromatic N) is 2. The van der Waals surface area contributed by atoms with Crippen LogP contribution >= 0.6 is 0 Å². The van der Waals surface area contributed by atoms with Crippen LogP contribution in [0.15, 0.2) is 0 Å². The molecule has 13 heavy (non-hydrogen) atoms. The molecular weight excluding hydrogens is 160 g/mol. The first kappa shape index (κ1) is 11.0. The highest BCUT2D eigenvalue weighted by atomic mass is 15.5. The Kier molecular flexibility index (Phi) is 2.29. The van der Waals surface area contributed by atoms with Gasteiger partial charge in [0.15, 0.2) is 0 Å². The van der Waals surface area contributed by atoms with Crippen molar-refractivity contribution in [1.29, 1.82) is 0 Å². The van der Waals surface area contributed by atoms with Crippen molar-refractivity contribution in [2.45, 2.75) is 45.7 Å². The maximum absolute atomic E-state index is 2.58. The average molecular weight is 185 g/mol. The van der Waals surface area contributed by atoms with Crippen molar-refractivity contribution in [3.05, 3.63) is 0 Å². The Morgan fingerprint density at radius 3 is 1.77 bits per heavy atom. The second-order valence-corrected chi connectivity index (χ2v) is 6.51. The van der Waals surface area contributed by atoms with Crippen molar-refractivity contribution in [2.75, 3.05) is 27.3 Å². The van der Waals surface area contributed by atoms with Crippen LogP contribution in [-0.4, -0.2) is 47.8 Å². The van der Waals surface area contributed by atoms with Gasteiger partial charge < -0.3 is 4.48 Å². The predicted molar refractivity (Wildman–Crippen MR) is 57.5 cm³/mol. The summed E-state index contributed by atoms with van der Waals surface area (Å²) < 4.78 is 1.10. The van der Waals surface area contributed by atoms with Gasteiger partial charge in [-0.15, -0.1) is 0 Å². The normalized spacial score (nSPS) is 27.9. The van der Waals surface area contributed by atoms with E-state index in [-0.39, 0.29) is 0 Å². The lowest BCUT2D eigenvalue weighted by Crippen LogP contribution is -2.52. The molecule has 0 aromatic rings. The van der Waals surface area contributed by atoms with E-state index in [2.05, 4.69) is 53.6 Å². The quantitative estimate of drug-likeness (QED) is 0.521. The summed E-state index contributed by atoms with van der Waals surface area (Å²) in [7, 11) is 4.65. The summed E-state index contributed by atoms with van der Waals surface area (Å²) in [6, 6.07) is 0. The molecule has 2 heteroatoms. The van der Waals surface area contributed by atoms with E-state index in [4.69, 9.17) is 0 Å². The van der Waals surface area contributed by atoms with Gasteiger partial charge in [0.25, 0.3) is 0 Å². The molecule has 0 aliphatic carbocycles. The molecule has 2 nitrogen and oxygen atoms in total. The lowest BCUT2D eigenvalue weighted by Gasteiger charge is -2.37. The van der Waals surface area contributed by atoms with Crippen molar-refractivity contribution < 1.29 is 4.48 Å². The van der Waals surface area contributed by atoms with Crippen LogP contribution in [0.25, 0.3) is 0 Å². The minimum atomic E-state index is 0.309. The molecule has 0 amide bonds. The molecule has 0 bridgehead atoms. The highest BCUT2D eigenvalue weighted by molar-refractivity contribution is 4.86. The van der Waals surface area contributed by atoms with E-state index in [1.54, 1.807) is 0 Å². The molecule has 0 spiro atoms. The lowest BCUT2D eigenvalue weighted by atomic mass is 10.0. The SMILES string of the molecule is CC(C)(C)N1CC(C)(C)[N+](C)(C)C1. The van der Waals surface area contributed by atoms with Gasteiger partial charge in [-0.25, -0.2) is 4.90 Å². The van der Waals surface area contributed by atoms with Gasteiger partial charge in [-0.05, 0) is 34.6 Å². The zero-order valence-corrected chi connectivity index (χ0v) is 10.3. The second kappa shape index (κ2) is 2.71. The Bertz CT molecular complexity index is 183. The molecule has 1 fully saturated rings. The van der Waals surface area contributed by atoms with E-state index < -0.39 is 0 Å². The van der Waals surface area contributed by atoms with E-state index in [1.807, 2.05) is 0 Å². The Labute approximate surface area is 83.1 Å². The molecule has 1 heterocycles. The highest BCUT2D eigenvalue weighted by Gasteiger charge is 2.48. The molecule has 0 aromatic heterocycles. The van der Waals surface area contributed by atoms with Crippen LogP contribution in [0, 0.1) is 0 Å². The highest BCUT2D eigenvalue weighted by Crippen LogP contribution is 2.32. The largest absolute Gasteiger partial charge is 0.310 e. The van der Waals surface area contributed by atoms with E-state index >= 15 is 0 Å². The monoisotopic (exact) mass is 185 g/mol. The van der Waals surface area contributed by atoms with Crippen molar-refractivity contribution in [3.63, 3.8) is 0 Å². The number of rotatable bonds is 0. The lowest BCUT2D eigenvalue weighted by molar-refractivity contribution is -0.927. The van der Waals surface area contributed by atoms with Crippen molar-refractivity contribution >= 4 is 0 Å². The first-order valence-corrected chi connectivity index (χ1v) is 5.14. The van der Waals surface area contributed by atoms with Gasteiger partial charge >= 0.3 is 0 Å². The van der Waals surface area contributed by atoms with E-state index in [0.717, 1.165) is 11.2 Å². The number of quaternary nitrogens is 1. The van der Waals surface area contributed by atoms with Gasteiger partial charge in [0.1, 0.15) is 12.2 Å². The zero-order chi connectivity index (χ0) is 10.5. The van der Waals surface area contributed by atoms with Crippen LogP contribution in [0.1, 0.15) is 34.6 Å². The van der Waals surface area contributed by atoms with Crippen molar-refractivity contribution in [3.8, 4) is 0 Å². The molecule has 1 aliphatic heterocycles. The third kappa shape index (κ3) is 1.89. The summed E-state index contributed by atoms with van der Waals surface area (Å²) in [5, 5.41) is 0. The third-order valence-corrected chi connectivity index (χ3v) is 3.69. The Balaban J connectivity index is 2.83. The molecular formula is C11H25N2+. The summed E-state index contributed by atoms with van der Waals surface area (Å²) in [6.45, 7) is 14.0. The molecule has 0 unspecified atom stereocenters. The Morgan fingerprint density at radius 2 is 1.62 bits per heavy atom. The molecule has 0 radical (unpaired) electrons. The van der Waals surface area contributed by atoms with Crippen LogP contribution in [-0.2, 0) is 0 Å². The van der Waals surface area contributed by atoms with Crippen LogP contribution in [0.2, 0.25) is 0 Å². The molecule has 0 atom stereocenters. The molecule has 0 aromatic carbocycles. The Hall–Kier alpha value is -0.0800. The first-order chi connectivity index (χ1) is 5.56. The minimum Gasteiger partial charge on any atom is -0.310 e. The van der Waals surface area contributed by atoms with Gasteiger partial charge in [-0.1, -0.05) is 0 Å². The maximum Gasteiger partial charge on any atom is 0.135 e. The van der Waals surface area contributed by atoms with Gasteiger partial charge in [-0.2, -0.15) is 0 Å². The molecule has 78 valence electrons. The fourth-order valence-corrected chi connectivity index (χ4v) is 1.78. The van der Waals surface area contributed by atoms with E-state index in [9.17, 15) is 0 Å². The minimum absolute atomic E-state index is 0.309. The topological polar surface area (TPSA) is 3.24 Å². The average Bonchev–Trinajstić information content (AvgIpc) is 2.00. The summed E-state index contributed by atoms with van der Waals surface area (Å²) >= 11 is 0. The molecule has 1 aliphatic rings. The molecule has 1 rings (SSSR count). The molecule has 0 saturated carbocycles. The fraction of sp³-hybridized carbons (Fsp3) is 1.00. The van der Waals surface area contributed by atoms with E-state index in [1.165, 1.54) is 6.54 Å². The summed E-state index contributed by atoms with van der Waals surface area (Å²) in [4.78, 5) is 2.58. The van der Waals surface area contributed by atoms with Gasteiger partial charge in [0.2, 0.25) is 0 Å². The third-order valence-electron chi connectivity index (χ3n) is 3.69. The maximum atomic E-state index is 2.58.